The summed E-state index contributed by atoms with van der Waals surface area (Å²) < 4.78 is 0. The molecule has 2 bridgehead atoms. The van der Waals surface area contributed by atoms with Gasteiger partial charge in [-0.15, -0.1) is 0 Å². The second-order valence-corrected chi connectivity index (χ2v) is 9.31. The first kappa shape index (κ1) is 19.6. The first-order chi connectivity index (χ1) is 14.8. The van der Waals surface area contributed by atoms with Crippen molar-refractivity contribution in [3.8, 4) is 0 Å². The van der Waals surface area contributed by atoms with Crippen LogP contribution in [0.3, 0.4) is 0 Å². The maximum absolute atomic E-state index is 13.0. The minimum Gasteiger partial charge on any atom is -0.336 e. The Balaban J connectivity index is 1.34. The number of carbonyl (C=O) groups is 1. The van der Waals surface area contributed by atoms with Crippen molar-refractivity contribution in [1.82, 2.24) is 9.80 Å². The second-order valence-electron chi connectivity index (χ2n) is 9.31. The van der Waals surface area contributed by atoms with Crippen molar-refractivity contribution in [1.29, 1.82) is 0 Å². The molecule has 3 saturated heterocycles. The van der Waals surface area contributed by atoms with E-state index in [9.17, 15) is 4.79 Å². The molecule has 3 heteroatoms. The van der Waals surface area contributed by atoms with Gasteiger partial charge in [0.1, 0.15) is 0 Å². The van der Waals surface area contributed by atoms with E-state index in [0.29, 0.717) is 29.8 Å². The molecule has 3 nitrogen and oxygen atoms in total. The molecular formula is C27H32N2O. The first-order valence-electron chi connectivity index (χ1n) is 11.6. The molecule has 5 rings (SSSR count). The molecule has 156 valence electrons. The first-order valence-corrected chi connectivity index (χ1v) is 11.6. The molecule has 30 heavy (non-hydrogen) atoms. The van der Waals surface area contributed by atoms with Crippen LogP contribution in [0, 0.1) is 11.8 Å². The summed E-state index contributed by atoms with van der Waals surface area (Å²) in [6, 6.07) is 22.1. The lowest BCUT2D eigenvalue weighted by Crippen LogP contribution is -2.65. The van der Waals surface area contributed by atoms with Gasteiger partial charge < -0.3 is 4.90 Å². The van der Waals surface area contributed by atoms with E-state index in [1.54, 1.807) is 0 Å². The average molecular weight is 401 g/mol. The van der Waals surface area contributed by atoms with Gasteiger partial charge in [0, 0.05) is 38.1 Å². The minimum atomic E-state index is 0.349. The topological polar surface area (TPSA) is 23.6 Å². The average Bonchev–Trinajstić information content (AvgIpc) is 2.78. The highest BCUT2D eigenvalue weighted by molar-refractivity contribution is 5.78. The number of piperidine rings is 3. The lowest BCUT2D eigenvalue weighted by Gasteiger charge is -2.56. The molecule has 0 aliphatic carbocycles. The molecule has 0 aromatic heterocycles. The molecule has 4 atom stereocenters. The number of likely N-dealkylation sites (tertiary alicyclic amines) is 1. The summed E-state index contributed by atoms with van der Waals surface area (Å²) in [5, 5.41) is 0. The SMILES string of the molecule is O=C1CCC[C@H]2[C@@H]3C[C@@H](CN(C/C=C/c4ccccc4)C3)[C@H](Cc3ccccc3)N12. The van der Waals surface area contributed by atoms with Crippen LogP contribution in [0.5, 0.6) is 0 Å². The van der Waals surface area contributed by atoms with Crippen molar-refractivity contribution < 1.29 is 4.79 Å². The van der Waals surface area contributed by atoms with E-state index in [4.69, 9.17) is 0 Å². The smallest absolute Gasteiger partial charge is 0.223 e. The molecular weight excluding hydrogens is 368 g/mol. The number of benzene rings is 2. The Morgan fingerprint density at radius 2 is 1.67 bits per heavy atom. The molecule has 0 N–H and O–H groups in total. The standard InChI is InChI=1S/C27H32N2O/c30-27-15-7-14-25-23-18-24(26(29(25)27)17-22-11-5-2-6-12-22)20-28(19-23)16-8-13-21-9-3-1-4-10-21/h1-6,8-13,23-26H,7,14-20H2/b13-8+/t23-,24+,25+,26+/m1/s1. The van der Waals surface area contributed by atoms with E-state index in [2.05, 4.69) is 82.6 Å². The number of rotatable bonds is 5. The van der Waals surface area contributed by atoms with E-state index in [1.165, 1.54) is 24.0 Å². The largest absolute Gasteiger partial charge is 0.336 e. The molecule has 0 unspecified atom stereocenters. The highest BCUT2D eigenvalue weighted by Crippen LogP contribution is 2.42. The van der Waals surface area contributed by atoms with Crippen molar-refractivity contribution in [3.63, 3.8) is 0 Å². The number of amides is 1. The van der Waals surface area contributed by atoms with Crippen LogP contribution in [0.15, 0.2) is 66.7 Å². The van der Waals surface area contributed by atoms with Crippen molar-refractivity contribution in [2.75, 3.05) is 19.6 Å². The summed E-state index contributed by atoms with van der Waals surface area (Å²) in [5.74, 6) is 1.61. The quantitative estimate of drug-likeness (QED) is 0.730. The lowest BCUT2D eigenvalue weighted by atomic mass is 9.71. The highest BCUT2D eigenvalue weighted by Gasteiger charge is 2.48. The zero-order chi connectivity index (χ0) is 20.3. The molecule has 3 fully saturated rings. The molecule has 2 aromatic carbocycles. The van der Waals surface area contributed by atoms with Crippen molar-refractivity contribution >= 4 is 12.0 Å². The number of nitrogens with zero attached hydrogens (tertiary/aromatic N) is 2. The normalized spacial score (nSPS) is 29.2. The van der Waals surface area contributed by atoms with Gasteiger partial charge in [0.05, 0.1) is 0 Å². The van der Waals surface area contributed by atoms with Crippen LogP contribution in [0.4, 0.5) is 0 Å². The Morgan fingerprint density at radius 1 is 0.933 bits per heavy atom. The van der Waals surface area contributed by atoms with Gasteiger partial charge in [0.25, 0.3) is 0 Å². The van der Waals surface area contributed by atoms with Crippen LogP contribution in [0.1, 0.15) is 36.8 Å². The minimum absolute atomic E-state index is 0.349. The summed E-state index contributed by atoms with van der Waals surface area (Å²) in [4.78, 5) is 17.9. The Morgan fingerprint density at radius 3 is 2.47 bits per heavy atom. The lowest BCUT2D eigenvalue weighted by molar-refractivity contribution is -0.152. The summed E-state index contributed by atoms with van der Waals surface area (Å²) >= 11 is 0. The van der Waals surface area contributed by atoms with Gasteiger partial charge in [-0.1, -0.05) is 72.8 Å². The third-order valence-corrected chi connectivity index (χ3v) is 7.33. The predicted octanol–water partition coefficient (Wildman–Crippen LogP) is 4.64. The Kier molecular flexibility index (Phi) is 5.72. The molecule has 0 radical (unpaired) electrons. The van der Waals surface area contributed by atoms with Crippen molar-refractivity contribution in [3.05, 3.63) is 77.9 Å². The van der Waals surface area contributed by atoms with Crippen LogP contribution in [-0.2, 0) is 11.2 Å². The van der Waals surface area contributed by atoms with Crippen LogP contribution in [-0.4, -0.2) is 47.4 Å². The summed E-state index contributed by atoms with van der Waals surface area (Å²) in [6.07, 6.45) is 9.81. The third-order valence-electron chi connectivity index (χ3n) is 7.33. The van der Waals surface area contributed by atoms with Crippen molar-refractivity contribution in [2.45, 2.75) is 44.2 Å². The molecule has 0 spiro atoms. The Labute approximate surface area is 180 Å². The zero-order valence-corrected chi connectivity index (χ0v) is 17.7. The fourth-order valence-corrected chi connectivity index (χ4v) is 6.04. The molecule has 0 saturated carbocycles. The van der Waals surface area contributed by atoms with E-state index in [1.807, 2.05) is 0 Å². The van der Waals surface area contributed by atoms with Crippen LogP contribution in [0.2, 0.25) is 0 Å². The monoisotopic (exact) mass is 400 g/mol. The van der Waals surface area contributed by atoms with E-state index in [-0.39, 0.29) is 0 Å². The molecule has 3 aliphatic rings. The number of hydrogen-bond donors (Lipinski definition) is 0. The summed E-state index contributed by atoms with van der Waals surface area (Å²) in [7, 11) is 0. The molecule has 3 heterocycles. The van der Waals surface area contributed by atoms with Gasteiger partial charge in [0.15, 0.2) is 0 Å². The van der Waals surface area contributed by atoms with Gasteiger partial charge in [-0.3, -0.25) is 9.69 Å². The van der Waals surface area contributed by atoms with Gasteiger partial charge >= 0.3 is 0 Å². The zero-order valence-electron chi connectivity index (χ0n) is 17.7. The van der Waals surface area contributed by atoms with Gasteiger partial charge in [-0.05, 0) is 48.6 Å². The fourth-order valence-electron chi connectivity index (χ4n) is 6.04. The summed E-state index contributed by atoms with van der Waals surface area (Å²) in [6.45, 7) is 3.23. The Bertz CT molecular complexity index is 878. The second kappa shape index (κ2) is 8.77. The predicted molar refractivity (Wildman–Crippen MR) is 122 cm³/mol. The fraction of sp³-hybridized carbons (Fsp3) is 0.444. The van der Waals surface area contributed by atoms with Gasteiger partial charge in [-0.2, -0.15) is 0 Å². The number of carbonyl (C=O) groups excluding carboxylic acids is 1. The molecule has 3 aliphatic heterocycles. The maximum Gasteiger partial charge on any atom is 0.223 e. The van der Waals surface area contributed by atoms with Crippen LogP contribution < -0.4 is 0 Å². The van der Waals surface area contributed by atoms with Gasteiger partial charge in [-0.25, -0.2) is 0 Å². The third kappa shape index (κ3) is 4.09. The Hall–Kier alpha value is -2.39. The highest BCUT2D eigenvalue weighted by atomic mass is 16.2. The molecule has 1 amide bonds. The van der Waals surface area contributed by atoms with E-state index < -0.39 is 0 Å². The van der Waals surface area contributed by atoms with E-state index in [0.717, 1.165) is 38.9 Å². The van der Waals surface area contributed by atoms with Crippen molar-refractivity contribution in [2.24, 2.45) is 11.8 Å². The number of fused-ring (bicyclic) bond motifs is 4. The van der Waals surface area contributed by atoms with Crippen LogP contribution >= 0.6 is 0 Å². The summed E-state index contributed by atoms with van der Waals surface area (Å²) in [5.41, 5.74) is 2.62. The maximum atomic E-state index is 13.0. The van der Waals surface area contributed by atoms with E-state index >= 15 is 0 Å². The number of hydrogen-bond acceptors (Lipinski definition) is 2. The van der Waals surface area contributed by atoms with Crippen LogP contribution in [0.25, 0.3) is 6.08 Å². The molecule has 2 aromatic rings. The van der Waals surface area contributed by atoms with Gasteiger partial charge in [0.2, 0.25) is 5.91 Å².